The van der Waals surface area contributed by atoms with E-state index in [1.165, 1.54) is 20.3 Å². The molecule has 1 saturated carbocycles. The van der Waals surface area contributed by atoms with Gasteiger partial charge in [-0.1, -0.05) is 0 Å². The van der Waals surface area contributed by atoms with Gasteiger partial charge in [-0.3, -0.25) is 19.1 Å². The number of pyridine rings is 4. The molecule has 0 radical (unpaired) electrons. The lowest BCUT2D eigenvalue weighted by atomic mass is 10.1. The molecule has 0 saturated heterocycles. The topological polar surface area (TPSA) is 127 Å². The van der Waals surface area contributed by atoms with Crippen LogP contribution in [0.15, 0.2) is 65.7 Å². The van der Waals surface area contributed by atoms with Crippen molar-refractivity contribution in [2.45, 2.75) is 32.6 Å². The van der Waals surface area contributed by atoms with Gasteiger partial charge in [0.05, 0.1) is 43.8 Å². The number of ether oxygens (including phenoxy) is 4. The van der Waals surface area contributed by atoms with Crippen molar-refractivity contribution in [3.8, 4) is 34.7 Å². The van der Waals surface area contributed by atoms with Crippen molar-refractivity contribution in [2.75, 3.05) is 33.2 Å². The zero-order valence-electron chi connectivity index (χ0n) is 26.2. The molecule has 1 N–H and O–H groups in total. The van der Waals surface area contributed by atoms with Crippen LogP contribution >= 0.6 is 0 Å². The third kappa shape index (κ3) is 6.75. The van der Waals surface area contributed by atoms with Crippen molar-refractivity contribution in [3.05, 3.63) is 93.9 Å². The number of aromatic nitrogens is 4. The second-order valence-electron chi connectivity index (χ2n) is 10.4. The Hall–Kier alpha value is -5.52. The lowest BCUT2D eigenvalue weighted by Gasteiger charge is -2.15. The van der Waals surface area contributed by atoms with E-state index in [1.54, 1.807) is 54.3 Å². The van der Waals surface area contributed by atoms with E-state index in [4.69, 9.17) is 18.9 Å². The molecule has 5 aromatic rings. The molecule has 12 heteroatoms. The molecule has 0 unspecified atom stereocenters. The van der Waals surface area contributed by atoms with Crippen molar-refractivity contribution in [1.82, 2.24) is 19.5 Å². The third-order valence-corrected chi connectivity index (χ3v) is 7.32. The number of benzene rings is 1. The molecule has 4 heterocycles. The number of aryl methyl sites for hydroxylation is 1. The molecular formula is C34H34FN5O6. The van der Waals surface area contributed by atoms with E-state index in [2.05, 4.69) is 20.3 Å². The number of hydrogen-bond donors (Lipinski definition) is 1. The molecule has 0 amide bonds. The Morgan fingerprint density at radius 2 is 1.83 bits per heavy atom. The highest BCUT2D eigenvalue weighted by Gasteiger charge is 2.28. The van der Waals surface area contributed by atoms with E-state index in [-0.39, 0.29) is 16.9 Å². The predicted molar refractivity (Wildman–Crippen MR) is 172 cm³/mol. The molecule has 238 valence electrons. The Bertz CT molecular complexity index is 1940. The van der Waals surface area contributed by atoms with E-state index < -0.39 is 5.82 Å². The number of nitrogens with one attached hydrogen (secondary N) is 1. The van der Waals surface area contributed by atoms with Gasteiger partial charge in [-0.2, -0.15) is 0 Å². The van der Waals surface area contributed by atoms with E-state index >= 15 is 0 Å². The molecule has 6 rings (SSSR count). The molecule has 1 aliphatic carbocycles. The number of fused-ring (bicyclic) bond motifs is 1. The highest BCUT2D eigenvalue weighted by atomic mass is 19.1. The van der Waals surface area contributed by atoms with Gasteiger partial charge >= 0.3 is 0 Å². The molecule has 0 spiro atoms. The number of hydrogen-bond acceptors (Lipinski definition) is 10. The van der Waals surface area contributed by atoms with Crippen molar-refractivity contribution in [1.29, 1.82) is 0 Å². The highest BCUT2D eigenvalue weighted by Crippen LogP contribution is 2.40. The monoisotopic (exact) mass is 627 g/mol. The smallest absolute Gasteiger partial charge is 0.265 e. The van der Waals surface area contributed by atoms with Crippen molar-refractivity contribution in [2.24, 2.45) is 0 Å². The summed E-state index contributed by atoms with van der Waals surface area (Å²) in [5.41, 5.74) is 4.09. The Morgan fingerprint density at radius 1 is 1.02 bits per heavy atom. The molecule has 0 bridgehead atoms. The van der Waals surface area contributed by atoms with Crippen LogP contribution in [-0.4, -0.2) is 53.7 Å². The van der Waals surface area contributed by atoms with Crippen molar-refractivity contribution < 1.29 is 28.1 Å². The summed E-state index contributed by atoms with van der Waals surface area (Å²) in [6.45, 7) is 4.35. The lowest BCUT2D eigenvalue weighted by molar-refractivity contribution is 0.112. The standard InChI is InChI=1S/C17H16FN3O3.C17H18N2O3/c1-19-10-4-5-13(11(18)8-10)24-14-6-7-20-12-9-15(22-2)17(23-3)21-16(12)14;1-3-22-16-8-11(2)15(9-18-16)19-14(12-4-5-12)7-6-13(10-20)17(19)21/h4-9,19H,1-3H3;6-10,12H,3-5H2,1-2H3. The summed E-state index contributed by atoms with van der Waals surface area (Å²) in [4.78, 5) is 36.5. The quantitative estimate of drug-likeness (QED) is 0.178. The Labute approximate surface area is 265 Å². The average Bonchev–Trinajstić information content (AvgIpc) is 3.91. The summed E-state index contributed by atoms with van der Waals surface area (Å²) in [7, 11) is 4.73. The molecule has 46 heavy (non-hydrogen) atoms. The van der Waals surface area contributed by atoms with Crippen LogP contribution in [0.25, 0.3) is 16.7 Å². The minimum absolute atomic E-state index is 0.0954. The molecule has 0 atom stereocenters. The second kappa shape index (κ2) is 14.1. The first-order valence-corrected chi connectivity index (χ1v) is 14.7. The summed E-state index contributed by atoms with van der Waals surface area (Å²) >= 11 is 0. The average molecular weight is 628 g/mol. The first-order valence-electron chi connectivity index (χ1n) is 14.7. The molecule has 1 aliphatic rings. The zero-order valence-corrected chi connectivity index (χ0v) is 26.2. The van der Waals surface area contributed by atoms with Gasteiger partial charge in [-0.25, -0.2) is 14.4 Å². The van der Waals surface area contributed by atoms with Crippen LogP contribution in [0.3, 0.4) is 0 Å². The molecule has 0 aliphatic heterocycles. The number of nitrogens with zero attached hydrogens (tertiary/aromatic N) is 4. The Kier molecular flexibility index (Phi) is 9.75. The molecule has 11 nitrogen and oxygen atoms in total. The van der Waals surface area contributed by atoms with Crippen LogP contribution in [0.2, 0.25) is 0 Å². The minimum Gasteiger partial charge on any atom is -0.491 e. The fourth-order valence-electron chi connectivity index (χ4n) is 4.83. The van der Waals surface area contributed by atoms with Crippen LogP contribution in [0.5, 0.6) is 29.0 Å². The van der Waals surface area contributed by atoms with E-state index in [1.807, 2.05) is 26.0 Å². The van der Waals surface area contributed by atoms with Gasteiger partial charge in [0.15, 0.2) is 29.4 Å². The summed E-state index contributed by atoms with van der Waals surface area (Å²) in [6, 6.07) is 13.2. The number of carbonyl (C=O) groups is 1. The van der Waals surface area contributed by atoms with E-state index in [0.29, 0.717) is 64.5 Å². The van der Waals surface area contributed by atoms with Crippen molar-refractivity contribution >= 4 is 23.0 Å². The maximum absolute atomic E-state index is 14.1. The Balaban J connectivity index is 0.000000182. The van der Waals surface area contributed by atoms with Crippen LogP contribution in [-0.2, 0) is 0 Å². The minimum atomic E-state index is -0.479. The number of methoxy groups -OCH3 is 2. The van der Waals surface area contributed by atoms with Gasteiger partial charge in [-0.05, 0) is 62.4 Å². The van der Waals surface area contributed by atoms with Gasteiger partial charge < -0.3 is 24.3 Å². The van der Waals surface area contributed by atoms with Gasteiger partial charge in [0.1, 0.15) is 5.52 Å². The van der Waals surface area contributed by atoms with Gasteiger partial charge in [0.25, 0.3) is 11.4 Å². The fraction of sp³-hybridized carbons (Fsp3) is 0.265. The van der Waals surface area contributed by atoms with Crippen LogP contribution < -0.4 is 29.8 Å². The summed E-state index contributed by atoms with van der Waals surface area (Å²) in [6.07, 6.45) is 5.95. The molecular weight excluding hydrogens is 593 g/mol. The van der Waals surface area contributed by atoms with E-state index in [0.717, 1.165) is 24.1 Å². The normalized spacial score (nSPS) is 12.1. The van der Waals surface area contributed by atoms with Gasteiger partial charge in [0, 0.05) is 48.9 Å². The number of halogens is 1. The second-order valence-corrected chi connectivity index (χ2v) is 10.4. The molecule has 1 fully saturated rings. The predicted octanol–water partition coefficient (Wildman–Crippen LogP) is 6.25. The third-order valence-electron chi connectivity index (χ3n) is 7.32. The number of anilines is 1. The number of aldehydes is 1. The van der Waals surface area contributed by atoms with Crippen LogP contribution in [0.1, 0.15) is 47.3 Å². The molecule has 4 aromatic heterocycles. The van der Waals surface area contributed by atoms with Gasteiger partial charge in [-0.15, -0.1) is 0 Å². The first kappa shape index (κ1) is 31.9. The maximum Gasteiger partial charge on any atom is 0.265 e. The number of rotatable bonds is 10. The zero-order chi connectivity index (χ0) is 32.8. The van der Waals surface area contributed by atoms with Gasteiger partial charge in [0.2, 0.25) is 5.88 Å². The lowest BCUT2D eigenvalue weighted by Crippen LogP contribution is -2.25. The molecule has 1 aromatic carbocycles. The first-order chi connectivity index (χ1) is 22.3. The Morgan fingerprint density at radius 3 is 2.46 bits per heavy atom. The van der Waals surface area contributed by atoms with Crippen LogP contribution in [0.4, 0.5) is 10.1 Å². The SMILES string of the molecule is CCOc1cc(C)c(-n2c(C3CC3)ccc(C=O)c2=O)cn1.CNc1ccc(Oc2ccnc3cc(OC)c(OC)nc23)c(F)c1. The summed E-state index contributed by atoms with van der Waals surface area (Å²) < 4.78 is 37.3. The summed E-state index contributed by atoms with van der Waals surface area (Å²) in [5, 5.41) is 2.87. The van der Waals surface area contributed by atoms with Crippen molar-refractivity contribution in [3.63, 3.8) is 0 Å². The fourth-order valence-corrected chi connectivity index (χ4v) is 4.83. The summed E-state index contributed by atoms with van der Waals surface area (Å²) in [5.74, 6) is 1.67. The van der Waals surface area contributed by atoms with E-state index in [9.17, 15) is 14.0 Å². The highest BCUT2D eigenvalue weighted by molar-refractivity contribution is 5.83. The maximum atomic E-state index is 14.1. The van der Waals surface area contributed by atoms with Crippen LogP contribution in [0, 0.1) is 12.7 Å². The largest absolute Gasteiger partial charge is 0.491 e. The number of carbonyl (C=O) groups excluding carboxylic acids is 1.